The highest BCUT2D eigenvalue weighted by atomic mass is 79.9. The van der Waals surface area contributed by atoms with Crippen LogP contribution in [0.25, 0.3) is 0 Å². The molecular weight excluding hydrogens is 268 g/mol. The third kappa shape index (κ3) is 3.45. The van der Waals surface area contributed by atoms with Gasteiger partial charge in [-0.3, -0.25) is 0 Å². The van der Waals surface area contributed by atoms with Crippen molar-refractivity contribution in [2.75, 3.05) is 11.9 Å². The third-order valence-corrected chi connectivity index (χ3v) is 2.28. The van der Waals surface area contributed by atoms with Crippen LogP contribution in [0.15, 0.2) is 18.3 Å². The number of halogens is 1. The molecule has 0 saturated heterocycles. The van der Waals surface area contributed by atoms with Gasteiger partial charge in [0.1, 0.15) is 12.8 Å². The summed E-state index contributed by atoms with van der Waals surface area (Å²) in [6, 6.07) is 2.97. The van der Waals surface area contributed by atoms with Gasteiger partial charge in [-0.05, 0) is 22.0 Å². The van der Waals surface area contributed by atoms with E-state index in [2.05, 4.69) is 20.9 Å². The van der Waals surface area contributed by atoms with Gasteiger partial charge in [-0.15, -0.1) is 0 Å². The highest BCUT2D eigenvalue weighted by molar-refractivity contribution is 9.09. The van der Waals surface area contributed by atoms with Crippen LogP contribution in [0.5, 0.6) is 5.75 Å². The van der Waals surface area contributed by atoms with Gasteiger partial charge in [0.2, 0.25) is 5.75 Å². The summed E-state index contributed by atoms with van der Waals surface area (Å²) in [7, 11) is 0. The summed E-state index contributed by atoms with van der Waals surface area (Å²) in [6.45, 7) is -0.0161. The second-order valence-electron chi connectivity index (χ2n) is 2.70. The maximum absolute atomic E-state index is 10.5. The average Bonchev–Trinajstić information content (AvgIpc) is 2.26. The van der Waals surface area contributed by atoms with Crippen LogP contribution in [-0.4, -0.2) is 33.1 Å². The minimum absolute atomic E-state index is 0.0161. The van der Waals surface area contributed by atoms with Gasteiger partial charge in [-0.25, -0.2) is 0 Å². The van der Waals surface area contributed by atoms with Gasteiger partial charge in [0.15, 0.2) is 0 Å². The molecule has 82 valence electrons. The van der Waals surface area contributed by atoms with E-state index in [0.29, 0.717) is 5.33 Å². The molecule has 1 atom stereocenters. The van der Waals surface area contributed by atoms with Crippen LogP contribution >= 0.6 is 15.9 Å². The molecule has 0 bridgehead atoms. The van der Waals surface area contributed by atoms with Gasteiger partial charge in [-0.2, -0.15) is 0 Å². The van der Waals surface area contributed by atoms with E-state index in [-0.39, 0.29) is 18.2 Å². The standard InChI is InChI=1S/C8H9BrN2O4/c9-4-6(12)5-15-7-2-1-3-10-8(7)11(13)14/h1-3,6,12H,4-5H2. The first-order chi connectivity index (χ1) is 7.15. The summed E-state index contributed by atoms with van der Waals surface area (Å²) >= 11 is 3.06. The van der Waals surface area contributed by atoms with Crippen molar-refractivity contribution in [1.82, 2.24) is 4.98 Å². The van der Waals surface area contributed by atoms with Crippen molar-refractivity contribution in [3.05, 3.63) is 28.4 Å². The Kier molecular flexibility index (Phi) is 4.44. The Labute approximate surface area is 94.2 Å². The molecular formula is C8H9BrN2O4. The van der Waals surface area contributed by atoms with Crippen molar-refractivity contribution in [3.63, 3.8) is 0 Å². The third-order valence-electron chi connectivity index (χ3n) is 1.53. The van der Waals surface area contributed by atoms with E-state index in [4.69, 9.17) is 4.74 Å². The summed E-state index contributed by atoms with van der Waals surface area (Å²) in [5.74, 6) is -0.290. The number of hydrogen-bond acceptors (Lipinski definition) is 5. The number of nitro groups is 1. The maximum atomic E-state index is 10.5. The number of nitrogens with zero attached hydrogens (tertiary/aromatic N) is 2. The van der Waals surface area contributed by atoms with Gasteiger partial charge < -0.3 is 20.0 Å². The summed E-state index contributed by atoms with van der Waals surface area (Å²) in [5.41, 5.74) is 0. The van der Waals surface area contributed by atoms with E-state index in [0.717, 1.165) is 0 Å². The van der Waals surface area contributed by atoms with Crippen molar-refractivity contribution in [2.45, 2.75) is 6.10 Å². The molecule has 1 heterocycles. The Morgan fingerprint density at radius 1 is 1.73 bits per heavy atom. The SMILES string of the molecule is O=[N+]([O-])c1ncccc1OCC(O)CBr. The number of pyridine rings is 1. The Bertz CT molecular complexity index is 347. The Balaban J connectivity index is 2.72. The zero-order valence-corrected chi connectivity index (χ0v) is 9.25. The monoisotopic (exact) mass is 276 g/mol. The number of aliphatic hydroxyl groups excluding tert-OH is 1. The lowest BCUT2D eigenvalue weighted by atomic mass is 10.4. The molecule has 0 aromatic carbocycles. The fraction of sp³-hybridized carbons (Fsp3) is 0.375. The molecule has 1 aromatic heterocycles. The van der Waals surface area contributed by atoms with Crippen molar-refractivity contribution in [2.24, 2.45) is 0 Å². The Hall–Kier alpha value is -1.21. The smallest absolute Gasteiger partial charge is 0.406 e. The zero-order valence-electron chi connectivity index (χ0n) is 7.67. The van der Waals surface area contributed by atoms with Gasteiger partial charge in [-0.1, -0.05) is 15.9 Å². The molecule has 0 saturated carbocycles. The lowest BCUT2D eigenvalue weighted by Gasteiger charge is -2.08. The van der Waals surface area contributed by atoms with Gasteiger partial charge >= 0.3 is 5.82 Å². The Morgan fingerprint density at radius 3 is 3.07 bits per heavy atom. The van der Waals surface area contributed by atoms with Crippen molar-refractivity contribution >= 4 is 21.7 Å². The molecule has 0 radical (unpaired) electrons. The molecule has 1 aromatic rings. The van der Waals surface area contributed by atoms with E-state index in [1.165, 1.54) is 18.3 Å². The lowest BCUT2D eigenvalue weighted by molar-refractivity contribution is -0.390. The van der Waals surface area contributed by atoms with Gasteiger partial charge in [0, 0.05) is 5.33 Å². The first-order valence-corrected chi connectivity index (χ1v) is 5.23. The number of aromatic nitrogens is 1. The van der Waals surface area contributed by atoms with Crippen molar-refractivity contribution in [1.29, 1.82) is 0 Å². The molecule has 0 aliphatic carbocycles. The largest absolute Gasteiger partial charge is 0.483 e. The summed E-state index contributed by atoms with van der Waals surface area (Å²) < 4.78 is 5.07. The van der Waals surface area contributed by atoms with E-state index in [1.807, 2.05) is 0 Å². The van der Waals surface area contributed by atoms with E-state index in [9.17, 15) is 15.2 Å². The minimum Gasteiger partial charge on any atom is -0.483 e. The van der Waals surface area contributed by atoms with Crippen molar-refractivity contribution in [3.8, 4) is 5.75 Å². The number of aliphatic hydroxyl groups is 1. The van der Waals surface area contributed by atoms with Gasteiger partial charge in [0.25, 0.3) is 0 Å². The van der Waals surface area contributed by atoms with E-state index in [1.54, 1.807) is 0 Å². The average molecular weight is 277 g/mol. The molecule has 1 unspecified atom stereocenters. The van der Waals surface area contributed by atoms with Crippen molar-refractivity contribution < 1.29 is 14.8 Å². The predicted molar refractivity (Wildman–Crippen MR) is 56.2 cm³/mol. The normalized spacial score (nSPS) is 12.1. The second kappa shape index (κ2) is 5.62. The summed E-state index contributed by atoms with van der Waals surface area (Å²) in [4.78, 5) is 13.5. The quantitative estimate of drug-likeness (QED) is 0.495. The molecule has 7 heteroatoms. The Morgan fingerprint density at radius 2 is 2.47 bits per heavy atom. The molecule has 0 aliphatic rings. The zero-order chi connectivity index (χ0) is 11.3. The predicted octanol–water partition coefficient (Wildman–Crippen LogP) is 1.12. The number of ether oxygens (including phenoxy) is 1. The molecule has 0 spiro atoms. The highest BCUT2D eigenvalue weighted by Crippen LogP contribution is 2.22. The van der Waals surface area contributed by atoms with Crippen LogP contribution in [0.4, 0.5) is 5.82 Å². The molecule has 6 nitrogen and oxygen atoms in total. The summed E-state index contributed by atoms with van der Waals surface area (Å²) in [5, 5.41) is 20.1. The summed E-state index contributed by atoms with van der Waals surface area (Å²) in [6.07, 6.45) is 0.608. The van der Waals surface area contributed by atoms with Gasteiger partial charge in [0.05, 0.1) is 6.10 Å². The van der Waals surface area contributed by atoms with Crippen LogP contribution in [0.1, 0.15) is 0 Å². The molecule has 1 rings (SSSR count). The fourth-order valence-electron chi connectivity index (χ4n) is 0.863. The first-order valence-electron chi connectivity index (χ1n) is 4.11. The van der Waals surface area contributed by atoms with E-state index < -0.39 is 11.0 Å². The second-order valence-corrected chi connectivity index (χ2v) is 3.35. The van der Waals surface area contributed by atoms with Crippen LogP contribution in [0.2, 0.25) is 0 Å². The van der Waals surface area contributed by atoms with Crippen LogP contribution in [-0.2, 0) is 0 Å². The molecule has 15 heavy (non-hydrogen) atoms. The lowest BCUT2D eigenvalue weighted by Crippen LogP contribution is -2.19. The highest BCUT2D eigenvalue weighted by Gasteiger charge is 2.16. The topological polar surface area (TPSA) is 85.5 Å². The molecule has 1 N–H and O–H groups in total. The number of hydrogen-bond donors (Lipinski definition) is 1. The number of rotatable bonds is 5. The van der Waals surface area contributed by atoms with Crippen LogP contribution in [0.3, 0.4) is 0 Å². The fourth-order valence-corrected chi connectivity index (χ4v) is 1.05. The first kappa shape index (κ1) is 11.9. The van der Waals surface area contributed by atoms with Crippen LogP contribution < -0.4 is 4.74 Å². The number of alkyl halides is 1. The molecule has 0 aliphatic heterocycles. The maximum Gasteiger partial charge on any atom is 0.406 e. The minimum atomic E-state index is -0.704. The van der Waals surface area contributed by atoms with Crippen LogP contribution in [0, 0.1) is 10.1 Å². The van der Waals surface area contributed by atoms with E-state index >= 15 is 0 Å². The molecule has 0 fully saturated rings. The molecule has 0 amide bonds.